The number of fused-ring (bicyclic) bond motifs is 1. The van der Waals surface area contributed by atoms with Crippen LogP contribution in [-0.2, 0) is 16.1 Å². The second-order valence-corrected chi connectivity index (χ2v) is 8.54. The molecular weight excluding hydrogens is 428 g/mol. The van der Waals surface area contributed by atoms with Crippen molar-refractivity contribution in [1.82, 2.24) is 9.97 Å². The number of rotatable bonds is 6. The van der Waals surface area contributed by atoms with Crippen molar-refractivity contribution in [2.24, 2.45) is 0 Å². The van der Waals surface area contributed by atoms with E-state index in [1.54, 1.807) is 39.3 Å². The molecule has 0 bridgehead atoms. The first-order valence-corrected chi connectivity index (χ1v) is 11.0. The number of pyridine rings is 2. The van der Waals surface area contributed by atoms with Crippen LogP contribution in [0, 0.1) is 0 Å². The Morgan fingerprint density at radius 1 is 0.941 bits per heavy atom. The maximum atomic E-state index is 13.2. The lowest BCUT2D eigenvalue weighted by Crippen LogP contribution is -2.29. The van der Waals surface area contributed by atoms with E-state index in [1.165, 1.54) is 0 Å². The van der Waals surface area contributed by atoms with Crippen LogP contribution in [0.5, 0.6) is 11.6 Å². The molecule has 0 spiro atoms. The Kier molecular flexibility index (Phi) is 5.49. The molecule has 0 atom stereocenters. The van der Waals surface area contributed by atoms with Gasteiger partial charge in [0.25, 0.3) is 0 Å². The lowest BCUT2D eigenvalue weighted by Gasteiger charge is -2.17. The minimum absolute atomic E-state index is 0.0766. The Bertz CT molecular complexity index is 1410. The van der Waals surface area contributed by atoms with Gasteiger partial charge in [-0.3, -0.25) is 4.79 Å². The molecule has 0 saturated heterocycles. The summed E-state index contributed by atoms with van der Waals surface area (Å²) < 4.78 is 17.3. The molecule has 4 aromatic rings. The summed E-state index contributed by atoms with van der Waals surface area (Å²) in [6.45, 7) is 3.90. The first-order valence-electron chi connectivity index (χ1n) is 11.0. The number of methoxy groups -OCH3 is 1. The van der Waals surface area contributed by atoms with Crippen molar-refractivity contribution in [3.8, 4) is 11.6 Å². The van der Waals surface area contributed by atoms with Crippen molar-refractivity contribution in [3.05, 3.63) is 95.8 Å². The fraction of sp³-hybridized carbons (Fsp3) is 0.179. The number of Topliss-reactive ketones (excluding diaryl/α,β-unsaturated/α-hetero) is 1. The van der Waals surface area contributed by atoms with Crippen LogP contribution in [0.15, 0.2) is 79.0 Å². The molecule has 0 saturated carbocycles. The number of carbonyl (C=O) groups is 1. The van der Waals surface area contributed by atoms with Crippen molar-refractivity contribution >= 4 is 28.0 Å². The second-order valence-electron chi connectivity index (χ2n) is 8.54. The highest BCUT2D eigenvalue weighted by molar-refractivity contribution is 6.32. The van der Waals surface area contributed by atoms with Gasteiger partial charge in [0.15, 0.2) is 5.60 Å². The topological polar surface area (TPSA) is 70.5 Å². The van der Waals surface area contributed by atoms with Gasteiger partial charge in [0.05, 0.1) is 23.9 Å². The summed E-state index contributed by atoms with van der Waals surface area (Å²) in [6, 6.07) is 23.0. The molecule has 170 valence electrons. The van der Waals surface area contributed by atoms with Crippen LogP contribution in [0.3, 0.4) is 0 Å². The third kappa shape index (κ3) is 4.10. The summed E-state index contributed by atoms with van der Waals surface area (Å²) >= 11 is 0. The summed E-state index contributed by atoms with van der Waals surface area (Å²) in [4.78, 5) is 22.0. The van der Waals surface area contributed by atoms with Gasteiger partial charge in [-0.05, 0) is 49.7 Å². The maximum absolute atomic E-state index is 13.2. The first-order chi connectivity index (χ1) is 16.4. The van der Waals surface area contributed by atoms with Crippen LogP contribution in [0.1, 0.15) is 30.7 Å². The van der Waals surface area contributed by atoms with Gasteiger partial charge in [0.1, 0.15) is 18.1 Å². The Balaban J connectivity index is 1.40. The Morgan fingerprint density at radius 2 is 1.74 bits per heavy atom. The number of nitrogens with zero attached hydrogens (tertiary/aromatic N) is 2. The van der Waals surface area contributed by atoms with Crippen LogP contribution in [0.4, 0.5) is 0 Å². The monoisotopic (exact) mass is 452 g/mol. The van der Waals surface area contributed by atoms with Crippen LogP contribution in [-0.4, -0.2) is 28.5 Å². The zero-order valence-corrected chi connectivity index (χ0v) is 19.2. The molecule has 0 unspecified atom stereocenters. The lowest BCUT2D eigenvalue weighted by molar-refractivity contribution is -0.125. The number of aromatic nitrogens is 2. The minimum Gasteiger partial charge on any atom is -0.487 e. The van der Waals surface area contributed by atoms with Crippen molar-refractivity contribution in [2.45, 2.75) is 26.1 Å². The van der Waals surface area contributed by atoms with Gasteiger partial charge in [-0.1, -0.05) is 36.4 Å². The average Bonchev–Trinajstić information content (AvgIpc) is 3.11. The van der Waals surface area contributed by atoms with E-state index in [4.69, 9.17) is 14.2 Å². The number of ketones is 1. The van der Waals surface area contributed by atoms with Gasteiger partial charge >= 0.3 is 0 Å². The number of ether oxygens (including phenoxy) is 3. The standard InChI is InChI=1S/C28H24N2O4/c1-28(2)27(31)25(26(34-28)20-14-15-29-24(16-20)32-3)19-9-12-22(13-10-19)33-17-21-11-8-18-6-4-5-7-23(18)30-21/h4-16H,17H2,1-3H3. The van der Waals surface area contributed by atoms with Crippen molar-refractivity contribution < 1.29 is 19.0 Å². The molecular formula is C28H24N2O4. The summed E-state index contributed by atoms with van der Waals surface area (Å²) in [7, 11) is 1.55. The molecule has 1 aliphatic heterocycles. The van der Waals surface area contributed by atoms with Crippen LogP contribution < -0.4 is 9.47 Å². The number of hydrogen-bond acceptors (Lipinski definition) is 6. The zero-order valence-electron chi connectivity index (χ0n) is 19.2. The van der Waals surface area contributed by atoms with Crippen molar-refractivity contribution in [1.29, 1.82) is 0 Å². The third-order valence-corrected chi connectivity index (χ3v) is 5.75. The quantitative estimate of drug-likeness (QED) is 0.387. The normalized spacial score (nSPS) is 14.9. The number of para-hydroxylation sites is 1. The van der Waals surface area contributed by atoms with Crippen LogP contribution >= 0.6 is 0 Å². The molecule has 1 aliphatic rings. The predicted molar refractivity (Wildman–Crippen MR) is 130 cm³/mol. The fourth-order valence-corrected chi connectivity index (χ4v) is 3.95. The second kappa shape index (κ2) is 8.63. The smallest absolute Gasteiger partial charge is 0.213 e. The summed E-state index contributed by atoms with van der Waals surface area (Å²) in [6.07, 6.45) is 1.63. The van der Waals surface area contributed by atoms with E-state index in [9.17, 15) is 4.79 Å². The Morgan fingerprint density at radius 3 is 2.53 bits per heavy atom. The molecule has 2 aromatic carbocycles. The van der Waals surface area contributed by atoms with E-state index < -0.39 is 5.60 Å². The molecule has 5 rings (SSSR count). The third-order valence-electron chi connectivity index (χ3n) is 5.75. The molecule has 0 fully saturated rings. The largest absolute Gasteiger partial charge is 0.487 e. The molecule has 0 radical (unpaired) electrons. The lowest BCUT2D eigenvalue weighted by atomic mass is 9.93. The highest BCUT2D eigenvalue weighted by Gasteiger charge is 2.42. The van der Waals surface area contributed by atoms with Gasteiger partial charge in [-0.15, -0.1) is 0 Å². The molecule has 34 heavy (non-hydrogen) atoms. The van der Waals surface area contributed by atoms with E-state index in [-0.39, 0.29) is 5.78 Å². The van der Waals surface area contributed by atoms with Crippen molar-refractivity contribution in [2.75, 3.05) is 7.11 Å². The molecule has 2 aromatic heterocycles. The first kappa shape index (κ1) is 21.6. The highest BCUT2D eigenvalue weighted by atomic mass is 16.5. The molecule has 6 heteroatoms. The summed E-state index contributed by atoms with van der Waals surface area (Å²) in [5.74, 6) is 1.59. The maximum Gasteiger partial charge on any atom is 0.213 e. The number of hydrogen-bond donors (Lipinski definition) is 0. The van der Waals surface area contributed by atoms with Gasteiger partial charge in [-0.25, -0.2) is 9.97 Å². The predicted octanol–water partition coefficient (Wildman–Crippen LogP) is 5.46. The van der Waals surface area contributed by atoms with Gasteiger partial charge < -0.3 is 14.2 Å². The molecule has 3 heterocycles. The van der Waals surface area contributed by atoms with Gasteiger partial charge in [0.2, 0.25) is 11.7 Å². The Labute approximate surface area is 197 Å². The van der Waals surface area contributed by atoms with E-state index >= 15 is 0 Å². The van der Waals surface area contributed by atoms with Gasteiger partial charge in [-0.2, -0.15) is 0 Å². The van der Waals surface area contributed by atoms with Crippen LogP contribution in [0.2, 0.25) is 0 Å². The van der Waals surface area contributed by atoms with E-state index in [1.807, 2.05) is 60.7 Å². The van der Waals surface area contributed by atoms with E-state index in [0.29, 0.717) is 29.6 Å². The zero-order chi connectivity index (χ0) is 23.7. The summed E-state index contributed by atoms with van der Waals surface area (Å²) in [5.41, 5.74) is 2.86. The SMILES string of the molecule is COc1cc(C2=C(c3ccc(OCc4ccc5ccccc5n4)cc3)C(=O)C(C)(C)O2)ccn1. The number of carbonyl (C=O) groups excluding carboxylic acids is 1. The number of benzene rings is 2. The molecule has 0 N–H and O–H groups in total. The molecule has 6 nitrogen and oxygen atoms in total. The minimum atomic E-state index is -0.960. The van der Waals surface area contributed by atoms with Crippen LogP contribution in [0.25, 0.3) is 22.2 Å². The van der Waals surface area contributed by atoms with Crippen molar-refractivity contribution in [3.63, 3.8) is 0 Å². The van der Waals surface area contributed by atoms with E-state index in [2.05, 4.69) is 9.97 Å². The highest BCUT2D eigenvalue weighted by Crippen LogP contribution is 2.41. The average molecular weight is 453 g/mol. The van der Waals surface area contributed by atoms with E-state index in [0.717, 1.165) is 27.7 Å². The summed E-state index contributed by atoms with van der Waals surface area (Å²) in [5, 5.41) is 1.10. The van der Waals surface area contributed by atoms with Gasteiger partial charge in [0, 0.05) is 23.2 Å². The fourth-order valence-electron chi connectivity index (χ4n) is 3.95. The Hall–Kier alpha value is -4.19. The molecule has 0 aliphatic carbocycles. The molecule has 0 amide bonds.